The third-order valence-electron chi connectivity index (χ3n) is 2.90. The van der Waals surface area contributed by atoms with E-state index in [2.05, 4.69) is 15.4 Å². The second kappa shape index (κ2) is 5.12. The maximum atomic E-state index is 5.67. The summed E-state index contributed by atoms with van der Waals surface area (Å²) in [7, 11) is 0. The molecule has 5 nitrogen and oxygen atoms in total. The number of anilines is 1. The summed E-state index contributed by atoms with van der Waals surface area (Å²) < 4.78 is 5.67. The minimum atomic E-state index is 0.404. The Balaban J connectivity index is 1.94. The van der Waals surface area contributed by atoms with Crippen LogP contribution in [0.4, 0.5) is 5.95 Å². The zero-order valence-corrected chi connectivity index (χ0v) is 9.57. The van der Waals surface area contributed by atoms with E-state index in [4.69, 9.17) is 10.6 Å². The molecule has 0 spiro atoms. The largest absolute Gasteiger partial charge is 0.477 e. The highest BCUT2D eigenvalue weighted by Crippen LogP contribution is 2.25. The summed E-state index contributed by atoms with van der Waals surface area (Å²) in [4.78, 5) is 8.25. The molecule has 1 heterocycles. The molecule has 1 aliphatic carbocycles. The smallest absolute Gasteiger partial charge is 0.240 e. The van der Waals surface area contributed by atoms with Crippen LogP contribution in [0.25, 0.3) is 0 Å². The lowest BCUT2D eigenvalue weighted by Gasteiger charge is -2.11. The average molecular weight is 222 g/mol. The third kappa shape index (κ3) is 2.82. The lowest BCUT2D eigenvalue weighted by molar-refractivity contribution is 0.243. The molecule has 1 aromatic heterocycles. The van der Waals surface area contributed by atoms with Crippen LogP contribution in [0.3, 0.4) is 0 Å². The number of rotatable bonds is 4. The van der Waals surface area contributed by atoms with Crippen LogP contribution >= 0.6 is 0 Å². The van der Waals surface area contributed by atoms with E-state index in [1.165, 1.54) is 25.7 Å². The molecule has 2 rings (SSSR count). The Morgan fingerprint density at radius 3 is 2.88 bits per heavy atom. The zero-order valence-electron chi connectivity index (χ0n) is 9.57. The number of nitrogens with zero attached hydrogens (tertiary/aromatic N) is 2. The van der Waals surface area contributed by atoms with E-state index in [-0.39, 0.29) is 0 Å². The third-order valence-corrected chi connectivity index (χ3v) is 2.90. The van der Waals surface area contributed by atoms with Crippen LogP contribution in [0.2, 0.25) is 0 Å². The summed E-state index contributed by atoms with van der Waals surface area (Å²) >= 11 is 0. The molecule has 16 heavy (non-hydrogen) atoms. The van der Waals surface area contributed by atoms with Crippen molar-refractivity contribution >= 4 is 5.95 Å². The minimum absolute atomic E-state index is 0.404. The molecule has 0 atom stereocenters. The fraction of sp³-hybridized carbons (Fsp3) is 0.636. The Morgan fingerprint density at radius 2 is 2.19 bits per heavy atom. The normalized spacial score (nSPS) is 16.4. The van der Waals surface area contributed by atoms with Crippen molar-refractivity contribution in [3.05, 3.63) is 11.8 Å². The number of hydrazine groups is 1. The second-order valence-corrected chi connectivity index (χ2v) is 4.28. The van der Waals surface area contributed by atoms with Crippen molar-refractivity contribution in [1.82, 2.24) is 9.97 Å². The van der Waals surface area contributed by atoms with Gasteiger partial charge in [-0.1, -0.05) is 12.8 Å². The van der Waals surface area contributed by atoms with Gasteiger partial charge in [-0.2, -0.15) is 4.98 Å². The molecule has 1 aliphatic rings. The average Bonchev–Trinajstić information content (AvgIpc) is 2.78. The zero-order chi connectivity index (χ0) is 11.4. The van der Waals surface area contributed by atoms with Gasteiger partial charge in [-0.05, 0) is 25.7 Å². The van der Waals surface area contributed by atoms with Gasteiger partial charge in [0.1, 0.15) is 0 Å². The number of aryl methyl sites for hydroxylation is 1. The first-order chi connectivity index (χ1) is 7.78. The molecule has 3 N–H and O–H groups in total. The predicted octanol–water partition coefficient (Wildman–Crippen LogP) is 1.64. The fourth-order valence-electron chi connectivity index (χ4n) is 2.06. The molecule has 0 unspecified atom stereocenters. The maximum absolute atomic E-state index is 5.67. The first-order valence-electron chi connectivity index (χ1n) is 5.73. The molecule has 0 aliphatic heterocycles. The molecule has 0 aromatic carbocycles. The predicted molar refractivity (Wildman–Crippen MR) is 62.0 cm³/mol. The van der Waals surface area contributed by atoms with E-state index in [0.29, 0.717) is 17.7 Å². The van der Waals surface area contributed by atoms with Crippen molar-refractivity contribution in [2.24, 2.45) is 11.8 Å². The van der Waals surface area contributed by atoms with Gasteiger partial charge in [0.25, 0.3) is 0 Å². The van der Waals surface area contributed by atoms with Crippen LogP contribution in [0.15, 0.2) is 6.07 Å². The van der Waals surface area contributed by atoms with E-state index >= 15 is 0 Å². The quantitative estimate of drug-likeness (QED) is 0.598. The van der Waals surface area contributed by atoms with Crippen molar-refractivity contribution < 1.29 is 4.74 Å². The number of ether oxygens (including phenoxy) is 1. The van der Waals surface area contributed by atoms with Crippen molar-refractivity contribution in [2.75, 3.05) is 12.0 Å². The van der Waals surface area contributed by atoms with Crippen LogP contribution in [-0.2, 0) is 0 Å². The molecule has 0 saturated heterocycles. The highest BCUT2D eigenvalue weighted by molar-refractivity contribution is 5.28. The van der Waals surface area contributed by atoms with Crippen LogP contribution in [0, 0.1) is 12.8 Å². The molecular formula is C11H18N4O. The highest BCUT2D eigenvalue weighted by Gasteiger charge is 2.15. The SMILES string of the molecule is Cc1cc(OCC2CCCC2)nc(NN)n1. The van der Waals surface area contributed by atoms with Gasteiger partial charge in [-0.15, -0.1) is 0 Å². The molecule has 88 valence electrons. The number of hydrogen-bond acceptors (Lipinski definition) is 5. The Morgan fingerprint density at radius 1 is 1.44 bits per heavy atom. The number of nitrogen functional groups attached to an aromatic ring is 1. The van der Waals surface area contributed by atoms with Crippen molar-refractivity contribution in [2.45, 2.75) is 32.6 Å². The van der Waals surface area contributed by atoms with Gasteiger partial charge < -0.3 is 4.74 Å². The van der Waals surface area contributed by atoms with Crippen molar-refractivity contribution in [3.8, 4) is 5.88 Å². The van der Waals surface area contributed by atoms with Gasteiger partial charge in [-0.25, -0.2) is 10.8 Å². The molecule has 0 amide bonds. The van der Waals surface area contributed by atoms with Crippen molar-refractivity contribution in [1.29, 1.82) is 0 Å². The topological polar surface area (TPSA) is 73.1 Å². The molecule has 1 aromatic rings. The first kappa shape index (κ1) is 11.1. The summed E-state index contributed by atoms with van der Waals surface area (Å²) in [6.07, 6.45) is 5.19. The van der Waals surface area contributed by atoms with Gasteiger partial charge in [0.15, 0.2) is 0 Å². The van der Waals surface area contributed by atoms with Crippen LogP contribution in [0.5, 0.6) is 5.88 Å². The molecule has 1 fully saturated rings. The fourth-order valence-corrected chi connectivity index (χ4v) is 2.06. The second-order valence-electron chi connectivity index (χ2n) is 4.28. The number of nitrogens with two attached hydrogens (primary N) is 1. The standard InChI is InChI=1S/C11H18N4O/c1-8-6-10(14-11(13-8)15-12)16-7-9-4-2-3-5-9/h6,9H,2-5,7,12H2,1H3,(H,13,14,15). The number of aromatic nitrogens is 2. The summed E-state index contributed by atoms with van der Waals surface area (Å²) in [5.41, 5.74) is 3.29. The van der Waals surface area contributed by atoms with Gasteiger partial charge in [0.2, 0.25) is 11.8 Å². The Kier molecular flexibility index (Phi) is 3.56. The van der Waals surface area contributed by atoms with E-state index in [1.54, 1.807) is 0 Å². The van der Waals surface area contributed by atoms with Crippen molar-refractivity contribution in [3.63, 3.8) is 0 Å². The van der Waals surface area contributed by atoms with Crippen LogP contribution in [0.1, 0.15) is 31.4 Å². The molecule has 5 heteroatoms. The summed E-state index contributed by atoms with van der Waals surface area (Å²) in [5, 5.41) is 0. The number of nitrogens with one attached hydrogen (secondary N) is 1. The maximum Gasteiger partial charge on any atom is 0.240 e. The lowest BCUT2D eigenvalue weighted by Crippen LogP contribution is -2.13. The summed E-state index contributed by atoms with van der Waals surface area (Å²) in [6, 6.07) is 1.83. The molecular weight excluding hydrogens is 204 g/mol. The first-order valence-corrected chi connectivity index (χ1v) is 5.73. The van der Waals surface area contributed by atoms with Gasteiger partial charge in [0.05, 0.1) is 6.61 Å². The summed E-state index contributed by atoms with van der Waals surface area (Å²) in [5.74, 6) is 6.97. The molecule has 1 saturated carbocycles. The monoisotopic (exact) mass is 222 g/mol. The van der Waals surface area contributed by atoms with Gasteiger partial charge in [-0.3, -0.25) is 5.43 Å². The highest BCUT2D eigenvalue weighted by atomic mass is 16.5. The molecule has 0 radical (unpaired) electrons. The minimum Gasteiger partial charge on any atom is -0.477 e. The number of hydrogen-bond donors (Lipinski definition) is 2. The van der Waals surface area contributed by atoms with Crippen LogP contribution < -0.4 is 16.0 Å². The Bertz CT molecular complexity index is 350. The lowest BCUT2D eigenvalue weighted by atomic mass is 10.1. The van der Waals surface area contributed by atoms with E-state index in [0.717, 1.165) is 12.3 Å². The molecule has 0 bridgehead atoms. The van der Waals surface area contributed by atoms with Gasteiger partial charge in [0, 0.05) is 11.8 Å². The Hall–Kier alpha value is -1.36. The van der Waals surface area contributed by atoms with E-state index in [1.807, 2.05) is 13.0 Å². The van der Waals surface area contributed by atoms with Gasteiger partial charge >= 0.3 is 0 Å². The van der Waals surface area contributed by atoms with E-state index < -0.39 is 0 Å². The van der Waals surface area contributed by atoms with Crippen LogP contribution in [-0.4, -0.2) is 16.6 Å². The summed E-state index contributed by atoms with van der Waals surface area (Å²) in [6.45, 7) is 2.64. The van der Waals surface area contributed by atoms with E-state index in [9.17, 15) is 0 Å². The Labute approximate surface area is 95.4 Å².